The first-order valence-corrected chi connectivity index (χ1v) is 8.33. The molecule has 0 spiro atoms. The molecule has 0 aliphatic carbocycles. The van der Waals surface area contributed by atoms with E-state index in [0.717, 1.165) is 12.8 Å². The first-order chi connectivity index (χ1) is 11.4. The van der Waals surface area contributed by atoms with Crippen LogP contribution in [0.4, 0.5) is 0 Å². The summed E-state index contributed by atoms with van der Waals surface area (Å²) in [4.78, 5) is 0. The summed E-state index contributed by atoms with van der Waals surface area (Å²) in [5.41, 5.74) is 4.31. The summed E-state index contributed by atoms with van der Waals surface area (Å²) < 4.78 is 0. The van der Waals surface area contributed by atoms with Crippen LogP contribution < -0.4 is 0 Å². The van der Waals surface area contributed by atoms with Crippen molar-refractivity contribution >= 4 is 21.5 Å². The van der Waals surface area contributed by atoms with Crippen LogP contribution in [0.5, 0.6) is 0 Å². The van der Waals surface area contributed by atoms with Gasteiger partial charge in [-0.3, -0.25) is 0 Å². The lowest BCUT2D eigenvalue weighted by Gasteiger charge is -2.14. The molecule has 0 bridgehead atoms. The van der Waals surface area contributed by atoms with Crippen LogP contribution in [0.25, 0.3) is 21.5 Å². The van der Waals surface area contributed by atoms with Crippen molar-refractivity contribution in [2.24, 2.45) is 0 Å². The van der Waals surface area contributed by atoms with Gasteiger partial charge in [-0.25, -0.2) is 0 Å². The van der Waals surface area contributed by atoms with Crippen LogP contribution in [0.15, 0.2) is 78.9 Å². The molecule has 23 heavy (non-hydrogen) atoms. The van der Waals surface area contributed by atoms with E-state index in [0.29, 0.717) is 0 Å². The summed E-state index contributed by atoms with van der Waals surface area (Å²) in [6.07, 6.45) is 2.07. The quantitative estimate of drug-likeness (QED) is 0.398. The van der Waals surface area contributed by atoms with E-state index < -0.39 is 0 Å². The van der Waals surface area contributed by atoms with Gasteiger partial charge in [0.25, 0.3) is 0 Å². The lowest BCUT2D eigenvalue weighted by molar-refractivity contribution is 1.07. The molecular weight excluding hydrogens is 276 g/mol. The average molecular weight is 296 g/mol. The van der Waals surface area contributed by atoms with Crippen LogP contribution in [0.3, 0.4) is 0 Å². The first kappa shape index (κ1) is 14.0. The van der Waals surface area contributed by atoms with Crippen molar-refractivity contribution in [1.82, 2.24) is 0 Å². The minimum absolute atomic E-state index is 1.000. The first-order valence-electron chi connectivity index (χ1n) is 8.33. The number of rotatable bonds is 3. The second-order valence-electron chi connectivity index (χ2n) is 6.10. The second-order valence-corrected chi connectivity index (χ2v) is 6.10. The molecule has 4 aromatic rings. The van der Waals surface area contributed by atoms with E-state index in [1.54, 1.807) is 0 Å². The normalized spacial score (nSPS) is 11.2. The zero-order chi connectivity index (χ0) is 15.6. The summed E-state index contributed by atoms with van der Waals surface area (Å²) in [5.74, 6) is 0. The van der Waals surface area contributed by atoms with Gasteiger partial charge in [0.05, 0.1) is 0 Å². The van der Waals surface area contributed by atoms with Crippen molar-refractivity contribution in [3.8, 4) is 0 Å². The molecule has 0 aliphatic rings. The highest BCUT2D eigenvalue weighted by molar-refractivity contribution is 6.08. The van der Waals surface area contributed by atoms with E-state index in [2.05, 4.69) is 85.8 Å². The highest BCUT2D eigenvalue weighted by Gasteiger charge is 2.09. The highest BCUT2D eigenvalue weighted by Crippen LogP contribution is 2.31. The van der Waals surface area contributed by atoms with Crippen molar-refractivity contribution in [3.05, 3.63) is 95.6 Å². The molecule has 0 saturated heterocycles. The molecule has 0 nitrogen and oxygen atoms in total. The van der Waals surface area contributed by atoms with Gasteiger partial charge in [0.1, 0.15) is 0 Å². The molecule has 0 atom stereocenters. The van der Waals surface area contributed by atoms with Gasteiger partial charge < -0.3 is 0 Å². The summed E-state index contributed by atoms with van der Waals surface area (Å²) in [6.45, 7) is 2.25. The van der Waals surface area contributed by atoms with Crippen molar-refractivity contribution in [2.75, 3.05) is 0 Å². The third-order valence-corrected chi connectivity index (χ3v) is 4.74. The van der Waals surface area contributed by atoms with Crippen molar-refractivity contribution < 1.29 is 0 Å². The third kappa shape index (κ3) is 2.51. The molecule has 0 saturated carbocycles. The molecule has 0 heterocycles. The summed E-state index contributed by atoms with van der Waals surface area (Å²) in [7, 11) is 0. The van der Waals surface area contributed by atoms with Crippen LogP contribution >= 0.6 is 0 Å². The molecule has 0 amide bonds. The summed E-state index contributed by atoms with van der Waals surface area (Å²) >= 11 is 0. The third-order valence-electron chi connectivity index (χ3n) is 4.74. The molecule has 4 aromatic carbocycles. The fraction of sp³-hybridized carbons (Fsp3) is 0.130. The van der Waals surface area contributed by atoms with Gasteiger partial charge in [-0.1, -0.05) is 85.8 Å². The Bertz CT molecular complexity index is 965. The monoisotopic (exact) mass is 296 g/mol. The number of hydrogen-bond acceptors (Lipinski definition) is 0. The zero-order valence-electron chi connectivity index (χ0n) is 13.4. The molecule has 0 heteroatoms. The lowest BCUT2D eigenvalue weighted by atomic mass is 9.90. The van der Waals surface area contributed by atoms with E-state index in [4.69, 9.17) is 0 Å². The molecule has 0 radical (unpaired) electrons. The Labute approximate surface area is 137 Å². The number of benzene rings is 4. The smallest absolute Gasteiger partial charge is 0.00169 e. The van der Waals surface area contributed by atoms with Crippen molar-refractivity contribution in [2.45, 2.75) is 19.8 Å². The van der Waals surface area contributed by atoms with Crippen molar-refractivity contribution in [1.29, 1.82) is 0 Å². The molecule has 0 unspecified atom stereocenters. The summed E-state index contributed by atoms with van der Waals surface area (Å²) in [5, 5.41) is 5.43. The maximum Gasteiger partial charge on any atom is -0.00169 e. The Hall–Kier alpha value is -2.60. The van der Waals surface area contributed by atoms with E-state index in [1.165, 1.54) is 38.2 Å². The molecule has 4 rings (SSSR count). The van der Waals surface area contributed by atoms with Crippen molar-refractivity contribution in [3.63, 3.8) is 0 Å². The molecule has 0 aromatic heterocycles. The second kappa shape index (κ2) is 5.89. The predicted octanol–water partition coefficient (Wildman–Crippen LogP) is 6.15. The predicted molar refractivity (Wildman–Crippen MR) is 100 cm³/mol. The van der Waals surface area contributed by atoms with E-state index in [9.17, 15) is 0 Å². The van der Waals surface area contributed by atoms with Gasteiger partial charge in [-0.15, -0.1) is 0 Å². The summed E-state index contributed by atoms with van der Waals surface area (Å²) in [6, 6.07) is 28.6. The molecule has 112 valence electrons. The SMILES string of the molecule is CCc1ccc2c(ccc3ccccc32)c1Cc1ccccc1. The van der Waals surface area contributed by atoms with E-state index in [-0.39, 0.29) is 0 Å². The maximum absolute atomic E-state index is 2.31. The van der Waals surface area contributed by atoms with Crippen LogP contribution in [0.2, 0.25) is 0 Å². The van der Waals surface area contributed by atoms with Crippen LogP contribution in [-0.2, 0) is 12.8 Å². The standard InChI is InChI=1S/C23H20/c1-2-18-12-14-21-20-11-7-6-10-19(20)13-15-22(21)23(18)16-17-8-4-3-5-9-17/h3-15H,2,16H2,1H3. The van der Waals surface area contributed by atoms with Gasteiger partial charge >= 0.3 is 0 Å². The fourth-order valence-corrected chi connectivity index (χ4v) is 3.54. The number of fused-ring (bicyclic) bond motifs is 3. The largest absolute Gasteiger partial charge is 0.0622 e. The van der Waals surface area contributed by atoms with Gasteiger partial charge in [-0.2, -0.15) is 0 Å². The van der Waals surface area contributed by atoms with Gasteiger partial charge in [0.2, 0.25) is 0 Å². The van der Waals surface area contributed by atoms with Crippen LogP contribution in [0.1, 0.15) is 23.6 Å². The molecular formula is C23H20. The minimum Gasteiger partial charge on any atom is -0.0622 e. The van der Waals surface area contributed by atoms with E-state index >= 15 is 0 Å². The Morgan fingerprint density at radius 3 is 2.17 bits per heavy atom. The Balaban J connectivity index is 1.98. The lowest BCUT2D eigenvalue weighted by Crippen LogP contribution is -1.96. The van der Waals surface area contributed by atoms with Gasteiger partial charge in [-0.05, 0) is 51.1 Å². The van der Waals surface area contributed by atoms with E-state index in [1.807, 2.05) is 0 Å². The number of aryl methyl sites for hydroxylation is 1. The topological polar surface area (TPSA) is 0 Å². The van der Waals surface area contributed by atoms with Gasteiger partial charge in [0.15, 0.2) is 0 Å². The highest BCUT2D eigenvalue weighted by atomic mass is 14.1. The molecule has 0 fully saturated rings. The van der Waals surface area contributed by atoms with Crippen LogP contribution in [0, 0.1) is 0 Å². The average Bonchev–Trinajstić information content (AvgIpc) is 2.62. The Morgan fingerprint density at radius 2 is 1.35 bits per heavy atom. The van der Waals surface area contributed by atoms with Gasteiger partial charge in [0, 0.05) is 0 Å². The Kier molecular flexibility index (Phi) is 3.59. The maximum atomic E-state index is 2.31. The Morgan fingerprint density at radius 1 is 0.609 bits per heavy atom. The molecule has 0 aliphatic heterocycles. The number of hydrogen-bond donors (Lipinski definition) is 0. The zero-order valence-corrected chi connectivity index (χ0v) is 13.4. The minimum atomic E-state index is 1.000. The fourth-order valence-electron chi connectivity index (χ4n) is 3.54. The van der Waals surface area contributed by atoms with Crippen LogP contribution in [-0.4, -0.2) is 0 Å². The molecule has 0 N–H and O–H groups in total.